The zero-order valence-electron chi connectivity index (χ0n) is 14.6. The third kappa shape index (κ3) is 3.15. The molecule has 0 unspecified atom stereocenters. The van der Waals surface area contributed by atoms with Crippen LogP contribution >= 0.6 is 0 Å². The summed E-state index contributed by atoms with van der Waals surface area (Å²) in [7, 11) is 0. The zero-order valence-corrected chi connectivity index (χ0v) is 14.6. The SMILES string of the molecule is NC(=O)C(=O)c1cn(CCOc2cccc3ccccc23)c2ccccc12. The Kier molecular flexibility index (Phi) is 4.34. The van der Waals surface area contributed by atoms with Crippen molar-refractivity contribution in [3.63, 3.8) is 0 Å². The molecule has 1 amide bonds. The van der Waals surface area contributed by atoms with E-state index < -0.39 is 11.7 Å². The molecule has 4 rings (SSSR count). The molecule has 5 heteroatoms. The molecule has 0 aliphatic rings. The van der Waals surface area contributed by atoms with Crippen molar-refractivity contribution in [2.75, 3.05) is 6.61 Å². The van der Waals surface area contributed by atoms with E-state index in [0.29, 0.717) is 24.1 Å². The molecule has 0 saturated carbocycles. The van der Waals surface area contributed by atoms with Gasteiger partial charge in [-0.05, 0) is 17.5 Å². The summed E-state index contributed by atoms with van der Waals surface area (Å²) in [6.07, 6.45) is 1.67. The van der Waals surface area contributed by atoms with Gasteiger partial charge in [0.25, 0.3) is 11.7 Å². The molecular weight excluding hydrogens is 340 g/mol. The number of hydrogen-bond donors (Lipinski definition) is 1. The fourth-order valence-electron chi connectivity index (χ4n) is 3.32. The van der Waals surface area contributed by atoms with Crippen LogP contribution < -0.4 is 10.5 Å². The number of hydrogen-bond acceptors (Lipinski definition) is 3. The number of carbonyl (C=O) groups is 2. The van der Waals surface area contributed by atoms with E-state index in [2.05, 4.69) is 0 Å². The van der Waals surface area contributed by atoms with Gasteiger partial charge >= 0.3 is 0 Å². The molecule has 3 aromatic carbocycles. The summed E-state index contributed by atoms with van der Waals surface area (Å²) in [6, 6.07) is 21.4. The Morgan fingerprint density at radius 3 is 2.41 bits per heavy atom. The van der Waals surface area contributed by atoms with E-state index in [1.807, 2.05) is 71.3 Å². The minimum absolute atomic E-state index is 0.322. The summed E-state index contributed by atoms with van der Waals surface area (Å²) >= 11 is 0. The lowest BCUT2D eigenvalue weighted by atomic mass is 10.1. The summed E-state index contributed by atoms with van der Waals surface area (Å²) in [5.41, 5.74) is 6.36. The number of nitrogens with two attached hydrogens (primary N) is 1. The monoisotopic (exact) mass is 358 g/mol. The Bertz CT molecular complexity index is 1160. The number of carbonyl (C=O) groups excluding carboxylic acids is 2. The molecule has 0 spiro atoms. The van der Waals surface area contributed by atoms with Gasteiger partial charge in [0.15, 0.2) is 0 Å². The summed E-state index contributed by atoms with van der Waals surface area (Å²) in [6.45, 7) is 0.965. The van der Waals surface area contributed by atoms with Crippen LogP contribution in [0.3, 0.4) is 0 Å². The maximum absolute atomic E-state index is 12.1. The third-order valence-electron chi connectivity index (χ3n) is 4.60. The molecule has 0 bridgehead atoms. The molecule has 0 fully saturated rings. The van der Waals surface area contributed by atoms with E-state index in [4.69, 9.17) is 10.5 Å². The van der Waals surface area contributed by atoms with Crippen LogP contribution in [0.15, 0.2) is 72.9 Å². The highest BCUT2D eigenvalue weighted by molar-refractivity contribution is 6.44. The third-order valence-corrected chi connectivity index (χ3v) is 4.60. The van der Waals surface area contributed by atoms with E-state index >= 15 is 0 Å². The largest absolute Gasteiger partial charge is 0.491 e. The average Bonchev–Trinajstić information content (AvgIpc) is 3.06. The van der Waals surface area contributed by atoms with Crippen LogP contribution in [0, 0.1) is 0 Å². The van der Waals surface area contributed by atoms with Crippen molar-refractivity contribution < 1.29 is 14.3 Å². The van der Waals surface area contributed by atoms with Crippen molar-refractivity contribution in [1.82, 2.24) is 4.57 Å². The maximum Gasteiger partial charge on any atom is 0.289 e. The molecule has 0 radical (unpaired) electrons. The molecule has 134 valence electrons. The summed E-state index contributed by atoms with van der Waals surface area (Å²) in [5.74, 6) is -0.817. The molecule has 5 nitrogen and oxygen atoms in total. The number of fused-ring (bicyclic) bond motifs is 2. The Morgan fingerprint density at radius 2 is 1.59 bits per heavy atom. The molecule has 2 N–H and O–H groups in total. The normalized spacial score (nSPS) is 11.0. The first-order valence-corrected chi connectivity index (χ1v) is 8.68. The minimum atomic E-state index is -0.954. The number of primary amides is 1. The first kappa shape index (κ1) is 16.8. The Hall–Kier alpha value is -3.60. The summed E-state index contributed by atoms with van der Waals surface area (Å²) in [5, 5.41) is 2.89. The number of para-hydroxylation sites is 1. The zero-order chi connectivity index (χ0) is 18.8. The standard InChI is InChI=1S/C22H18N2O3/c23-22(26)21(25)18-14-24(19-10-4-3-9-17(18)19)12-13-27-20-11-5-7-15-6-1-2-8-16(15)20/h1-11,14H,12-13H2,(H2,23,26). The van der Waals surface area contributed by atoms with E-state index in [1.54, 1.807) is 6.20 Å². The fourth-order valence-corrected chi connectivity index (χ4v) is 3.32. The number of Topliss-reactive ketones (excluding diaryl/α,β-unsaturated/α-hetero) is 1. The molecule has 1 heterocycles. The maximum atomic E-state index is 12.1. The quantitative estimate of drug-likeness (QED) is 0.423. The minimum Gasteiger partial charge on any atom is -0.491 e. The van der Waals surface area contributed by atoms with Crippen LogP contribution in [-0.4, -0.2) is 22.9 Å². The number of aromatic nitrogens is 1. The van der Waals surface area contributed by atoms with Crippen molar-refractivity contribution in [1.29, 1.82) is 0 Å². The van der Waals surface area contributed by atoms with Gasteiger partial charge in [-0.25, -0.2) is 0 Å². The van der Waals surface area contributed by atoms with E-state index in [-0.39, 0.29) is 0 Å². The van der Waals surface area contributed by atoms with Gasteiger partial charge in [0.2, 0.25) is 0 Å². The van der Waals surface area contributed by atoms with Gasteiger partial charge in [0, 0.05) is 22.5 Å². The average molecular weight is 358 g/mol. The second-order valence-electron chi connectivity index (χ2n) is 6.27. The first-order valence-electron chi connectivity index (χ1n) is 8.68. The summed E-state index contributed by atoms with van der Waals surface area (Å²) in [4.78, 5) is 23.4. The van der Waals surface area contributed by atoms with Crippen LogP contribution in [0.1, 0.15) is 10.4 Å². The number of benzene rings is 3. The van der Waals surface area contributed by atoms with Gasteiger partial charge in [-0.1, -0.05) is 54.6 Å². The molecule has 0 aliphatic heterocycles. The lowest BCUT2D eigenvalue weighted by Gasteiger charge is -2.10. The first-order chi connectivity index (χ1) is 13.1. The number of nitrogens with zero attached hydrogens (tertiary/aromatic N) is 1. The lowest BCUT2D eigenvalue weighted by molar-refractivity contribution is -0.114. The predicted octanol–water partition coefficient (Wildman–Crippen LogP) is 3.54. The molecule has 1 aromatic heterocycles. The highest BCUT2D eigenvalue weighted by atomic mass is 16.5. The van der Waals surface area contributed by atoms with Crippen molar-refractivity contribution in [2.24, 2.45) is 5.73 Å². The van der Waals surface area contributed by atoms with Crippen molar-refractivity contribution in [2.45, 2.75) is 6.54 Å². The highest BCUT2D eigenvalue weighted by Crippen LogP contribution is 2.26. The molecular formula is C22H18N2O3. The lowest BCUT2D eigenvalue weighted by Crippen LogP contribution is -2.22. The number of ketones is 1. The van der Waals surface area contributed by atoms with Crippen LogP contribution in [0.2, 0.25) is 0 Å². The highest BCUT2D eigenvalue weighted by Gasteiger charge is 2.19. The van der Waals surface area contributed by atoms with Gasteiger partial charge < -0.3 is 15.0 Å². The van der Waals surface area contributed by atoms with Crippen LogP contribution in [0.4, 0.5) is 0 Å². The number of amides is 1. The molecule has 4 aromatic rings. The second-order valence-corrected chi connectivity index (χ2v) is 6.27. The fraction of sp³-hybridized carbons (Fsp3) is 0.0909. The Balaban J connectivity index is 1.59. The second kappa shape index (κ2) is 6.96. The molecule has 0 aliphatic carbocycles. The van der Waals surface area contributed by atoms with Crippen molar-refractivity contribution >= 4 is 33.4 Å². The Morgan fingerprint density at radius 1 is 0.889 bits per heavy atom. The van der Waals surface area contributed by atoms with Crippen molar-refractivity contribution in [3.05, 3.63) is 78.5 Å². The van der Waals surface area contributed by atoms with Gasteiger partial charge in [-0.3, -0.25) is 9.59 Å². The molecule has 27 heavy (non-hydrogen) atoms. The van der Waals surface area contributed by atoms with Crippen LogP contribution in [0.5, 0.6) is 5.75 Å². The molecule has 0 atom stereocenters. The van der Waals surface area contributed by atoms with Crippen LogP contribution in [0.25, 0.3) is 21.7 Å². The van der Waals surface area contributed by atoms with Gasteiger partial charge in [-0.15, -0.1) is 0 Å². The number of rotatable bonds is 6. The summed E-state index contributed by atoms with van der Waals surface area (Å²) < 4.78 is 7.91. The topological polar surface area (TPSA) is 74.3 Å². The van der Waals surface area contributed by atoms with Gasteiger partial charge in [0.1, 0.15) is 12.4 Å². The van der Waals surface area contributed by atoms with Gasteiger partial charge in [-0.2, -0.15) is 0 Å². The Labute approximate surface area is 156 Å². The van der Waals surface area contributed by atoms with Gasteiger partial charge in [0.05, 0.1) is 12.1 Å². The smallest absolute Gasteiger partial charge is 0.289 e. The molecule has 0 saturated heterocycles. The van der Waals surface area contributed by atoms with E-state index in [1.165, 1.54) is 0 Å². The van der Waals surface area contributed by atoms with Crippen LogP contribution in [-0.2, 0) is 11.3 Å². The van der Waals surface area contributed by atoms with E-state index in [0.717, 1.165) is 22.0 Å². The van der Waals surface area contributed by atoms with Crippen molar-refractivity contribution in [3.8, 4) is 5.75 Å². The van der Waals surface area contributed by atoms with E-state index in [9.17, 15) is 9.59 Å². The number of ether oxygens (including phenoxy) is 1. The predicted molar refractivity (Wildman–Crippen MR) is 105 cm³/mol.